The van der Waals surface area contributed by atoms with Gasteiger partial charge in [0, 0.05) is 18.5 Å². The van der Waals surface area contributed by atoms with E-state index in [0.717, 1.165) is 32.4 Å². The lowest BCUT2D eigenvalue weighted by Gasteiger charge is -2.23. The lowest BCUT2D eigenvalue weighted by molar-refractivity contribution is -0.118. The second-order valence-corrected chi connectivity index (χ2v) is 6.64. The van der Waals surface area contributed by atoms with Gasteiger partial charge in [0.25, 0.3) is 0 Å². The molecule has 1 unspecified atom stereocenters. The van der Waals surface area contributed by atoms with Gasteiger partial charge in [-0.3, -0.25) is 9.59 Å². The smallest absolute Gasteiger partial charge is 0.228 e. The molecular formula is C16H20ClN3O2. The molecule has 1 heterocycles. The van der Waals surface area contributed by atoms with Crippen LogP contribution in [-0.2, 0) is 9.59 Å². The van der Waals surface area contributed by atoms with Crippen molar-refractivity contribution in [3.05, 3.63) is 23.2 Å². The maximum absolute atomic E-state index is 12.5. The average molecular weight is 322 g/mol. The first-order valence-corrected chi connectivity index (χ1v) is 7.97. The van der Waals surface area contributed by atoms with Crippen LogP contribution >= 0.6 is 11.6 Å². The Kier molecular flexibility index (Phi) is 4.10. The Hall–Kier alpha value is -1.59. The number of rotatable bonds is 3. The maximum atomic E-state index is 12.5. The maximum Gasteiger partial charge on any atom is 0.228 e. The molecule has 1 aliphatic carbocycles. The van der Waals surface area contributed by atoms with E-state index >= 15 is 0 Å². The number of piperidine rings is 1. The predicted octanol–water partition coefficient (Wildman–Crippen LogP) is 2.63. The van der Waals surface area contributed by atoms with Gasteiger partial charge < -0.3 is 16.0 Å². The third-order valence-corrected chi connectivity index (χ3v) is 4.98. The number of hydrogen-bond donors (Lipinski definition) is 3. The average Bonchev–Trinajstić information content (AvgIpc) is 3.16. The Morgan fingerprint density at radius 2 is 2.00 bits per heavy atom. The molecule has 3 rings (SSSR count). The van der Waals surface area contributed by atoms with Gasteiger partial charge in [0.2, 0.25) is 11.8 Å². The Balaban J connectivity index is 1.68. The second-order valence-electron chi connectivity index (χ2n) is 6.23. The molecule has 1 aromatic rings. The molecule has 118 valence electrons. The molecule has 5 nitrogen and oxygen atoms in total. The third-order valence-electron chi connectivity index (χ3n) is 4.65. The van der Waals surface area contributed by atoms with Crippen LogP contribution < -0.4 is 16.0 Å². The summed E-state index contributed by atoms with van der Waals surface area (Å²) in [5.41, 5.74) is 1.37. The summed E-state index contributed by atoms with van der Waals surface area (Å²) in [5, 5.41) is 9.41. The van der Waals surface area contributed by atoms with Gasteiger partial charge in [0.1, 0.15) is 0 Å². The van der Waals surface area contributed by atoms with Crippen LogP contribution in [0.15, 0.2) is 18.2 Å². The van der Waals surface area contributed by atoms with E-state index in [1.165, 1.54) is 6.92 Å². The number of nitrogens with one attached hydrogen (secondary N) is 3. The molecule has 6 heteroatoms. The van der Waals surface area contributed by atoms with Crippen LogP contribution in [0.3, 0.4) is 0 Å². The highest BCUT2D eigenvalue weighted by Gasteiger charge is 2.57. The standard InChI is InChI=1S/C16H20ClN3O2/c1-10(21)19-11-2-3-13(17)14(8-11)20-15(22)12-9-16(12)4-6-18-7-5-16/h2-3,8,12,18H,4-7,9H2,1H3,(H,19,21)(H,20,22). The van der Waals surface area contributed by atoms with Gasteiger partial charge in [0.05, 0.1) is 10.7 Å². The summed E-state index contributed by atoms with van der Waals surface area (Å²) in [6.07, 6.45) is 3.08. The molecule has 0 bridgehead atoms. The minimum absolute atomic E-state index is 0.0313. The van der Waals surface area contributed by atoms with Crippen LogP contribution in [0.25, 0.3) is 0 Å². The van der Waals surface area contributed by atoms with Crippen LogP contribution in [0, 0.1) is 11.3 Å². The molecule has 1 spiro atoms. The minimum Gasteiger partial charge on any atom is -0.326 e. The Morgan fingerprint density at radius 1 is 1.27 bits per heavy atom. The van der Waals surface area contributed by atoms with Crippen molar-refractivity contribution < 1.29 is 9.59 Å². The number of carbonyl (C=O) groups excluding carboxylic acids is 2. The first-order valence-electron chi connectivity index (χ1n) is 7.59. The van der Waals surface area contributed by atoms with Gasteiger partial charge in [-0.15, -0.1) is 0 Å². The first kappa shape index (κ1) is 15.3. The highest BCUT2D eigenvalue weighted by atomic mass is 35.5. The summed E-state index contributed by atoms with van der Waals surface area (Å²) in [6, 6.07) is 5.08. The Labute approximate surface area is 134 Å². The molecule has 22 heavy (non-hydrogen) atoms. The van der Waals surface area contributed by atoms with E-state index in [2.05, 4.69) is 16.0 Å². The van der Waals surface area contributed by atoms with Crippen molar-refractivity contribution in [3.63, 3.8) is 0 Å². The molecule has 0 aromatic heterocycles. The minimum atomic E-state index is -0.157. The van der Waals surface area contributed by atoms with Gasteiger partial charge in [-0.2, -0.15) is 0 Å². The molecule has 1 aromatic carbocycles. The predicted molar refractivity (Wildman–Crippen MR) is 87.0 cm³/mol. The number of anilines is 2. The highest BCUT2D eigenvalue weighted by molar-refractivity contribution is 6.34. The van der Waals surface area contributed by atoms with Gasteiger partial charge in [-0.1, -0.05) is 11.6 Å². The molecule has 1 atom stereocenters. The highest BCUT2D eigenvalue weighted by Crippen LogP contribution is 2.58. The van der Waals surface area contributed by atoms with Crippen LogP contribution in [0.2, 0.25) is 5.02 Å². The molecule has 0 radical (unpaired) electrons. The van der Waals surface area contributed by atoms with Gasteiger partial charge in [-0.05, 0) is 56.0 Å². The van der Waals surface area contributed by atoms with Crippen molar-refractivity contribution in [1.29, 1.82) is 0 Å². The summed E-state index contributed by atoms with van der Waals surface area (Å²) in [7, 11) is 0. The van der Waals surface area contributed by atoms with Crippen molar-refractivity contribution in [2.75, 3.05) is 23.7 Å². The zero-order chi connectivity index (χ0) is 15.7. The van der Waals surface area contributed by atoms with Crippen molar-refractivity contribution in [2.24, 2.45) is 11.3 Å². The number of benzene rings is 1. The van der Waals surface area contributed by atoms with Crippen LogP contribution in [0.1, 0.15) is 26.2 Å². The van der Waals surface area contributed by atoms with Crippen LogP contribution in [0.5, 0.6) is 0 Å². The fraction of sp³-hybridized carbons (Fsp3) is 0.500. The van der Waals surface area contributed by atoms with E-state index in [1.54, 1.807) is 18.2 Å². The lowest BCUT2D eigenvalue weighted by atomic mass is 9.92. The van der Waals surface area contributed by atoms with Crippen LogP contribution in [-0.4, -0.2) is 24.9 Å². The fourth-order valence-corrected chi connectivity index (χ4v) is 3.48. The van der Waals surface area contributed by atoms with E-state index < -0.39 is 0 Å². The summed E-state index contributed by atoms with van der Waals surface area (Å²) >= 11 is 6.14. The van der Waals surface area contributed by atoms with Crippen LogP contribution in [0.4, 0.5) is 11.4 Å². The van der Waals surface area contributed by atoms with Gasteiger partial charge in [0.15, 0.2) is 0 Å². The monoisotopic (exact) mass is 321 g/mol. The zero-order valence-electron chi connectivity index (χ0n) is 12.5. The third kappa shape index (κ3) is 3.10. The summed E-state index contributed by atoms with van der Waals surface area (Å²) in [4.78, 5) is 23.6. The van der Waals surface area contributed by atoms with Gasteiger partial charge in [-0.25, -0.2) is 0 Å². The molecular weight excluding hydrogens is 302 g/mol. The fourth-order valence-electron chi connectivity index (χ4n) is 3.32. The van der Waals surface area contributed by atoms with E-state index in [9.17, 15) is 9.59 Å². The normalized spacial score (nSPS) is 22.2. The van der Waals surface area contributed by atoms with E-state index in [1.807, 2.05) is 0 Å². The van der Waals surface area contributed by atoms with E-state index in [0.29, 0.717) is 16.4 Å². The molecule has 1 aliphatic heterocycles. The van der Waals surface area contributed by atoms with E-state index in [4.69, 9.17) is 11.6 Å². The van der Waals surface area contributed by atoms with Crippen molar-refractivity contribution in [3.8, 4) is 0 Å². The second kappa shape index (κ2) is 5.89. The summed E-state index contributed by atoms with van der Waals surface area (Å²) < 4.78 is 0. The topological polar surface area (TPSA) is 70.2 Å². The lowest BCUT2D eigenvalue weighted by Crippen LogP contribution is -2.31. The summed E-state index contributed by atoms with van der Waals surface area (Å²) in [5.74, 6) is -0.0469. The van der Waals surface area contributed by atoms with Crippen molar-refractivity contribution in [2.45, 2.75) is 26.2 Å². The van der Waals surface area contributed by atoms with Crippen molar-refractivity contribution in [1.82, 2.24) is 5.32 Å². The quantitative estimate of drug-likeness (QED) is 0.801. The Morgan fingerprint density at radius 3 is 2.68 bits per heavy atom. The number of hydrogen-bond acceptors (Lipinski definition) is 3. The van der Waals surface area contributed by atoms with E-state index in [-0.39, 0.29) is 23.1 Å². The number of amides is 2. The SMILES string of the molecule is CC(=O)Nc1ccc(Cl)c(NC(=O)C2CC23CCNCC3)c1. The molecule has 2 aliphatic rings. The van der Waals surface area contributed by atoms with Crippen molar-refractivity contribution >= 4 is 34.8 Å². The van der Waals surface area contributed by atoms with Gasteiger partial charge >= 0.3 is 0 Å². The number of carbonyl (C=O) groups is 2. The molecule has 2 amide bonds. The zero-order valence-corrected chi connectivity index (χ0v) is 13.3. The number of halogens is 1. The molecule has 1 saturated heterocycles. The summed E-state index contributed by atoms with van der Waals surface area (Å²) in [6.45, 7) is 3.42. The first-order chi connectivity index (χ1) is 10.5. The Bertz CT molecular complexity index is 611. The molecule has 2 fully saturated rings. The largest absolute Gasteiger partial charge is 0.326 e. The molecule has 3 N–H and O–H groups in total. The molecule has 1 saturated carbocycles.